The number of rotatable bonds is 31. The van der Waals surface area contributed by atoms with Gasteiger partial charge in [-0.3, -0.25) is 52.7 Å². The lowest BCUT2D eigenvalue weighted by Gasteiger charge is -2.29. The molecule has 378 valence electrons. The Kier molecular flexibility index (Phi) is 24.8. The fourth-order valence-electron chi connectivity index (χ4n) is 6.29. The number of aliphatic carboxylic acids is 4. The first-order valence-electron chi connectivity index (χ1n) is 21.4. The molecule has 0 aliphatic heterocycles. The van der Waals surface area contributed by atoms with Crippen molar-refractivity contribution in [1.29, 1.82) is 0 Å². The topological polar surface area (TPSA) is 442 Å². The van der Waals surface area contributed by atoms with Crippen molar-refractivity contribution in [3.05, 3.63) is 35.9 Å². The average molecular weight is 966 g/mol. The molecule has 1 aromatic rings. The van der Waals surface area contributed by atoms with E-state index in [4.69, 9.17) is 16.6 Å². The minimum absolute atomic E-state index is 0.167. The lowest BCUT2D eigenvalue weighted by atomic mass is 9.97. The van der Waals surface area contributed by atoms with Gasteiger partial charge in [0.2, 0.25) is 41.4 Å². The molecule has 9 atom stereocenters. The number of benzene rings is 1. The van der Waals surface area contributed by atoms with Crippen molar-refractivity contribution < 1.29 is 83.1 Å². The highest BCUT2D eigenvalue weighted by Crippen LogP contribution is 2.12. The molecule has 0 fully saturated rings. The maximum Gasteiger partial charge on any atom is 0.326 e. The van der Waals surface area contributed by atoms with Crippen LogP contribution in [0, 0.1) is 11.8 Å². The zero-order valence-electron chi connectivity index (χ0n) is 38.2. The Morgan fingerprint density at radius 3 is 1.56 bits per heavy atom. The lowest BCUT2D eigenvalue weighted by molar-refractivity contribution is -0.143. The van der Waals surface area contributed by atoms with Gasteiger partial charge in [0.1, 0.15) is 36.3 Å². The Morgan fingerprint density at radius 1 is 0.544 bits per heavy atom. The van der Waals surface area contributed by atoms with Crippen molar-refractivity contribution in [1.82, 2.24) is 37.2 Å². The third kappa shape index (κ3) is 21.8. The zero-order valence-corrected chi connectivity index (χ0v) is 38.2. The molecule has 0 heterocycles. The smallest absolute Gasteiger partial charge is 0.326 e. The molecule has 0 radical (unpaired) electrons. The van der Waals surface area contributed by atoms with Gasteiger partial charge in [-0.1, -0.05) is 58.0 Å². The number of amides is 8. The third-order valence-corrected chi connectivity index (χ3v) is 9.93. The molecular formula is C42H63N9O17. The Bertz CT molecular complexity index is 1980. The predicted molar refractivity (Wildman–Crippen MR) is 235 cm³/mol. The molecular weight excluding hydrogens is 903 g/mol. The number of nitrogens with two attached hydrogens (primary N) is 2. The molecule has 0 bridgehead atoms. The van der Waals surface area contributed by atoms with Crippen LogP contribution in [0.4, 0.5) is 0 Å². The number of carboxylic acid groups (broad SMARTS) is 4. The zero-order chi connectivity index (χ0) is 52.0. The molecule has 1 rings (SSSR count). The van der Waals surface area contributed by atoms with E-state index in [-0.39, 0.29) is 25.2 Å². The molecule has 68 heavy (non-hydrogen) atoms. The van der Waals surface area contributed by atoms with Crippen molar-refractivity contribution in [2.24, 2.45) is 23.3 Å². The van der Waals surface area contributed by atoms with Gasteiger partial charge in [-0.05, 0) is 43.6 Å². The van der Waals surface area contributed by atoms with Crippen molar-refractivity contribution in [3.8, 4) is 0 Å². The second-order valence-electron chi connectivity index (χ2n) is 16.7. The highest BCUT2D eigenvalue weighted by atomic mass is 16.4. The summed E-state index contributed by atoms with van der Waals surface area (Å²) in [5.74, 6) is -15.7. The van der Waals surface area contributed by atoms with Crippen LogP contribution in [-0.4, -0.2) is 151 Å². The van der Waals surface area contributed by atoms with E-state index in [0.717, 1.165) is 6.92 Å². The van der Waals surface area contributed by atoms with E-state index in [0.29, 0.717) is 5.56 Å². The van der Waals surface area contributed by atoms with E-state index >= 15 is 0 Å². The van der Waals surface area contributed by atoms with Gasteiger partial charge >= 0.3 is 23.9 Å². The minimum atomic E-state index is -2.24. The minimum Gasteiger partial charge on any atom is -0.481 e. The fourth-order valence-corrected chi connectivity index (χ4v) is 6.29. The Balaban J connectivity index is 3.24. The summed E-state index contributed by atoms with van der Waals surface area (Å²) >= 11 is 0. The van der Waals surface area contributed by atoms with E-state index in [9.17, 15) is 78.0 Å². The van der Waals surface area contributed by atoms with E-state index < -0.39 is 164 Å². The maximum atomic E-state index is 13.6. The summed E-state index contributed by atoms with van der Waals surface area (Å²) in [5, 5.41) is 64.4. The van der Waals surface area contributed by atoms with E-state index in [2.05, 4.69) is 31.9 Å². The van der Waals surface area contributed by atoms with Gasteiger partial charge in [0.25, 0.3) is 5.91 Å². The molecule has 26 heteroatoms. The number of hydrogen-bond acceptors (Lipinski definition) is 14. The predicted octanol–water partition coefficient (Wildman–Crippen LogP) is -3.80. The molecule has 0 unspecified atom stereocenters. The second kappa shape index (κ2) is 28.7. The van der Waals surface area contributed by atoms with Crippen LogP contribution in [0.15, 0.2) is 30.3 Å². The number of primary amides is 1. The summed E-state index contributed by atoms with van der Waals surface area (Å²) in [5.41, 5.74) is 11.6. The van der Waals surface area contributed by atoms with Gasteiger partial charge in [-0.2, -0.15) is 0 Å². The van der Waals surface area contributed by atoms with Crippen molar-refractivity contribution >= 4 is 71.1 Å². The standard InChI is InChI=1S/C42H63N9O17/c1-19(2)15-25(47-39(64)26(17-29(44)52)48-40(65)33(20(3)4)51-36(61)23(43)11-13-30(53)54)34(59)41(66)49-27(18-32(57)58)38(63)45-21(5)35(60)46-24(12-14-31(55)56)37(62)50-28(42(67)68)16-22-9-7-6-8-10-22/h6-10,19-21,23-28,33-34,59H,11-18,43H2,1-5H3,(H2,44,52)(H,45,63)(H,46,60)(H,47,64)(H,48,65)(H,49,66)(H,50,62)(H,51,61)(H,53,54)(H,55,56)(H,57,58)(H,67,68)/t21-,23-,24-,25-,26-,27-,28-,33-,34+/m0/s1. The van der Waals surface area contributed by atoms with Crippen LogP contribution in [0.25, 0.3) is 0 Å². The van der Waals surface area contributed by atoms with Crippen LogP contribution in [0.2, 0.25) is 0 Å². The number of hydrogen-bond donors (Lipinski definition) is 14. The second-order valence-corrected chi connectivity index (χ2v) is 16.7. The number of carbonyl (C=O) groups excluding carboxylic acids is 8. The molecule has 0 aliphatic carbocycles. The van der Waals surface area contributed by atoms with Crippen LogP contribution in [0.3, 0.4) is 0 Å². The van der Waals surface area contributed by atoms with E-state index in [1.807, 2.05) is 5.32 Å². The van der Waals surface area contributed by atoms with Crippen LogP contribution >= 0.6 is 0 Å². The molecule has 1 aromatic carbocycles. The normalized spacial score (nSPS) is 15.0. The molecule has 0 saturated carbocycles. The summed E-state index contributed by atoms with van der Waals surface area (Å²) in [6.07, 6.45) is -6.40. The highest BCUT2D eigenvalue weighted by Gasteiger charge is 2.37. The average Bonchev–Trinajstić information content (AvgIpc) is 3.23. The summed E-state index contributed by atoms with van der Waals surface area (Å²) in [6.45, 7) is 7.39. The molecule has 0 spiro atoms. The number of aliphatic hydroxyl groups is 1. The summed E-state index contributed by atoms with van der Waals surface area (Å²) < 4.78 is 0. The van der Waals surface area contributed by atoms with Crippen molar-refractivity contribution in [2.75, 3.05) is 0 Å². The van der Waals surface area contributed by atoms with Gasteiger partial charge in [-0.15, -0.1) is 0 Å². The molecule has 8 amide bonds. The van der Waals surface area contributed by atoms with Gasteiger partial charge in [0.15, 0.2) is 6.10 Å². The molecule has 26 nitrogen and oxygen atoms in total. The van der Waals surface area contributed by atoms with E-state index in [1.54, 1.807) is 44.2 Å². The number of aliphatic hydroxyl groups excluding tert-OH is 1. The molecule has 16 N–H and O–H groups in total. The summed E-state index contributed by atoms with van der Waals surface area (Å²) in [7, 11) is 0. The highest BCUT2D eigenvalue weighted by molar-refractivity contribution is 5.98. The number of carboxylic acids is 4. The number of nitrogens with one attached hydrogen (secondary N) is 7. The summed E-state index contributed by atoms with van der Waals surface area (Å²) in [6, 6.07) is -4.54. The Labute approximate surface area is 390 Å². The van der Waals surface area contributed by atoms with Gasteiger partial charge in [0, 0.05) is 19.3 Å². The van der Waals surface area contributed by atoms with Crippen molar-refractivity contribution in [3.63, 3.8) is 0 Å². The molecule has 0 saturated heterocycles. The first kappa shape index (κ1) is 58.8. The SMILES string of the molecule is CC(C)C[C@H](NC(=O)[C@H](CC(N)=O)NC(=O)[C@@H](NC(=O)[C@@H](N)CCC(=O)O)C(C)C)[C@@H](O)C(=O)N[C@@H](CC(=O)O)C(=O)N[C@@H](C)C(=O)N[C@@H](CCC(=O)O)C(=O)N[C@@H](Cc1ccccc1)C(=O)O. The molecule has 0 aromatic heterocycles. The Morgan fingerprint density at radius 2 is 1.04 bits per heavy atom. The fraction of sp³-hybridized carbons (Fsp3) is 0.571. The van der Waals surface area contributed by atoms with Crippen LogP contribution in [0.1, 0.15) is 85.1 Å². The lowest BCUT2D eigenvalue weighted by Crippen LogP contribution is -2.61. The first-order valence-corrected chi connectivity index (χ1v) is 21.4. The largest absolute Gasteiger partial charge is 0.481 e. The van der Waals surface area contributed by atoms with Gasteiger partial charge in [-0.25, -0.2) is 4.79 Å². The van der Waals surface area contributed by atoms with Gasteiger partial charge < -0.3 is 74.2 Å². The quantitative estimate of drug-likeness (QED) is 0.0339. The third-order valence-electron chi connectivity index (χ3n) is 9.93. The Hall–Kier alpha value is -7.22. The van der Waals surface area contributed by atoms with E-state index in [1.165, 1.54) is 13.8 Å². The van der Waals surface area contributed by atoms with Crippen LogP contribution in [-0.2, 0) is 64.0 Å². The van der Waals surface area contributed by atoms with Gasteiger partial charge in [0.05, 0.1) is 24.9 Å². The first-order chi connectivity index (χ1) is 31.6. The summed E-state index contributed by atoms with van der Waals surface area (Å²) in [4.78, 5) is 151. The number of carbonyl (C=O) groups is 12. The maximum absolute atomic E-state index is 13.6. The van der Waals surface area contributed by atoms with Crippen LogP contribution in [0.5, 0.6) is 0 Å². The van der Waals surface area contributed by atoms with Crippen molar-refractivity contribution in [2.45, 2.75) is 140 Å². The monoisotopic (exact) mass is 965 g/mol. The van der Waals surface area contributed by atoms with Crippen LogP contribution < -0.4 is 48.7 Å². The molecule has 0 aliphatic rings.